The van der Waals surface area contributed by atoms with Crippen molar-refractivity contribution in [2.24, 2.45) is 0 Å². The second-order valence-corrected chi connectivity index (χ2v) is 10.1. The molecular formula is C22H18N4O4S3. The fraction of sp³-hybridized carbons (Fsp3) is 0.182. The highest BCUT2D eigenvalue weighted by Crippen LogP contribution is 2.35. The van der Waals surface area contributed by atoms with Gasteiger partial charge in [0.2, 0.25) is 5.89 Å². The zero-order chi connectivity index (χ0) is 22.9. The van der Waals surface area contributed by atoms with Crippen LogP contribution in [0.1, 0.15) is 10.7 Å². The van der Waals surface area contributed by atoms with Crippen molar-refractivity contribution < 1.29 is 13.9 Å². The fourth-order valence-corrected chi connectivity index (χ4v) is 5.82. The van der Waals surface area contributed by atoms with Crippen molar-refractivity contribution in [2.75, 3.05) is 14.2 Å². The lowest BCUT2D eigenvalue weighted by atomic mass is 10.2. The van der Waals surface area contributed by atoms with Crippen LogP contribution in [0, 0.1) is 6.92 Å². The molecular weight excluding hydrogens is 480 g/mol. The molecule has 0 saturated carbocycles. The van der Waals surface area contributed by atoms with Gasteiger partial charge in [0.1, 0.15) is 22.2 Å². The summed E-state index contributed by atoms with van der Waals surface area (Å²) in [5.74, 6) is 2.54. The maximum atomic E-state index is 12.8. The molecule has 0 spiro atoms. The summed E-state index contributed by atoms with van der Waals surface area (Å²) in [4.78, 5) is 23.3. The van der Waals surface area contributed by atoms with Gasteiger partial charge in [0, 0.05) is 32.3 Å². The van der Waals surface area contributed by atoms with E-state index in [9.17, 15) is 4.79 Å². The molecule has 0 atom stereocenters. The molecule has 0 amide bonds. The van der Waals surface area contributed by atoms with Crippen molar-refractivity contribution in [3.05, 3.63) is 56.8 Å². The summed E-state index contributed by atoms with van der Waals surface area (Å²) in [5.41, 5.74) is 1.47. The summed E-state index contributed by atoms with van der Waals surface area (Å²) < 4.78 is 16.4. The van der Waals surface area contributed by atoms with E-state index >= 15 is 0 Å². The minimum atomic E-state index is -0.146. The molecule has 0 aliphatic heterocycles. The molecule has 0 radical (unpaired) electrons. The third kappa shape index (κ3) is 4.39. The average Bonchev–Trinajstić information content (AvgIpc) is 3.57. The SMILES string of the molecule is COc1cc(OC)cc(-c2nnc(SCc3nc4scc(-c5ccc(C)s5)c4c(=O)[nH]3)o2)c1. The number of H-pyrrole nitrogens is 1. The summed E-state index contributed by atoms with van der Waals surface area (Å²) in [6.45, 7) is 2.05. The van der Waals surface area contributed by atoms with Gasteiger partial charge in [0.05, 0.1) is 25.4 Å². The fourth-order valence-electron chi connectivity index (χ4n) is 3.27. The highest BCUT2D eigenvalue weighted by atomic mass is 32.2. The Kier molecular flexibility index (Phi) is 5.92. The first kappa shape index (κ1) is 21.7. The maximum absolute atomic E-state index is 12.8. The van der Waals surface area contributed by atoms with Crippen molar-refractivity contribution in [1.82, 2.24) is 20.2 Å². The zero-order valence-corrected chi connectivity index (χ0v) is 20.3. The van der Waals surface area contributed by atoms with E-state index in [1.807, 2.05) is 18.4 Å². The van der Waals surface area contributed by atoms with E-state index in [4.69, 9.17) is 13.9 Å². The molecule has 0 unspecified atom stereocenters. The first-order valence-corrected chi connectivity index (χ1v) is 12.5. The van der Waals surface area contributed by atoms with Crippen LogP contribution in [0.15, 0.2) is 50.1 Å². The summed E-state index contributed by atoms with van der Waals surface area (Å²) in [6.07, 6.45) is 0. The molecule has 33 heavy (non-hydrogen) atoms. The van der Waals surface area contributed by atoms with E-state index in [0.717, 1.165) is 10.4 Å². The molecule has 4 heterocycles. The number of thiophene rings is 2. The number of aryl methyl sites for hydroxylation is 1. The Bertz CT molecular complexity index is 1480. The number of fused-ring (bicyclic) bond motifs is 1. The van der Waals surface area contributed by atoms with Crippen molar-refractivity contribution in [3.63, 3.8) is 0 Å². The first-order valence-electron chi connectivity index (χ1n) is 9.81. The van der Waals surface area contributed by atoms with Gasteiger partial charge in [-0.1, -0.05) is 11.8 Å². The molecule has 0 aliphatic rings. The molecule has 1 aromatic carbocycles. The molecule has 4 aromatic heterocycles. The number of methoxy groups -OCH3 is 2. The summed E-state index contributed by atoms with van der Waals surface area (Å²) in [5, 5.41) is 11.2. The molecule has 11 heteroatoms. The summed E-state index contributed by atoms with van der Waals surface area (Å²) in [6, 6.07) is 9.44. The van der Waals surface area contributed by atoms with Crippen LogP contribution in [0.3, 0.4) is 0 Å². The standard InChI is InChI=1S/C22H18N4O4S3/c1-11-4-5-16(33-11)15-9-31-21-18(15)19(27)23-17(24-21)10-32-22-26-25-20(30-22)12-6-13(28-2)8-14(7-12)29-3/h4-9H,10H2,1-3H3,(H,23,24,27). The number of nitrogens with one attached hydrogen (secondary N) is 1. The van der Waals surface area contributed by atoms with E-state index in [1.54, 1.807) is 43.8 Å². The third-order valence-electron chi connectivity index (χ3n) is 4.84. The van der Waals surface area contributed by atoms with Gasteiger partial charge in [-0.2, -0.15) is 0 Å². The van der Waals surface area contributed by atoms with E-state index in [1.165, 1.54) is 28.0 Å². The van der Waals surface area contributed by atoms with Gasteiger partial charge >= 0.3 is 0 Å². The number of hydrogen-bond donors (Lipinski definition) is 1. The third-order valence-corrected chi connectivity index (χ3v) is 7.57. The van der Waals surface area contributed by atoms with Gasteiger partial charge in [-0.3, -0.25) is 4.79 Å². The molecule has 0 aliphatic carbocycles. The minimum absolute atomic E-state index is 0.146. The van der Waals surface area contributed by atoms with Gasteiger partial charge in [0.15, 0.2) is 0 Å². The van der Waals surface area contributed by atoms with Crippen molar-refractivity contribution >= 4 is 44.7 Å². The van der Waals surface area contributed by atoms with Crippen LogP contribution in [0.5, 0.6) is 11.5 Å². The number of nitrogens with zero attached hydrogens (tertiary/aromatic N) is 3. The second-order valence-electron chi connectivity index (χ2n) is 7.02. The molecule has 5 rings (SSSR count). The lowest BCUT2D eigenvalue weighted by molar-refractivity contribution is 0.394. The number of aromatic nitrogens is 4. The molecule has 8 nitrogen and oxygen atoms in total. The Morgan fingerprint density at radius 2 is 1.91 bits per heavy atom. The van der Waals surface area contributed by atoms with Crippen LogP contribution in [-0.4, -0.2) is 34.4 Å². The number of rotatable bonds is 7. The topological polar surface area (TPSA) is 103 Å². The highest BCUT2D eigenvalue weighted by molar-refractivity contribution is 7.98. The molecule has 0 fully saturated rings. The van der Waals surface area contributed by atoms with Crippen LogP contribution in [-0.2, 0) is 5.75 Å². The normalized spacial score (nSPS) is 11.2. The van der Waals surface area contributed by atoms with Crippen molar-refractivity contribution in [2.45, 2.75) is 17.9 Å². The van der Waals surface area contributed by atoms with Gasteiger partial charge < -0.3 is 18.9 Å². The van der Waals surface area contributed by atoms with Gasteiger partial charge in [-0.25, -0.2) is 4.98 Å². The summed E-state index contributed by atoms with van der Waals surface area (Å²) in [7, 11) is 3.16. The van der Waals surface area contributed by atoms with Crippen LogP contribution in [0.2, 0.25) is 0 Å². The van der Waals surface area contributed by atoms with Crippen molar-refractivity contribution in [1.29, 1.82) is 0 Å². The highest BCUT2D eigenvalue weighted by Gasteiger charge is 2.16. The number of thioether (sulfide) groups is 1. The summed E-state index contributed by atoms with van der Waals surface area (Å²) >= 11 is 4.44. The molecule has 0 saturated heterocycles. The second kappa shape index (κ2) is 9.00. The Morgan fingerprint density at radius 3 is 2.61 bits per heavy atom. The Labute approximate surface area is 200 Å². The van der Waals surface area contributed by atoms with Crippen LogP contribution < -0.4 is 15.0 Å². The predicted molar refractivity (Wildman–Crippen MR) is 131 cm³/mol. The number of benzene rings is 1. The average molecular weight is 499 g/mol. The smallest absolute Gasteiger partial charge is 0.277 e. The lowest BCUT2D eigenvalue weighted by Crippen LogP contribution is -2.10. The van der Waals surface area contributed by atoms with E-state index < -0.39 is 0 Å². The van der Waals surface area contributed by atoms with Crippen molar-refractivity contribution in [3.8, 4) is 33.4 Å². The Morgan fingerprint density at radius 1 is 1.12 bits per heavy atom. The van der Waals surface area contributed by atoms with Crippen LogP contribution in [0.25, 0.3) is 32.1 Å². The molecule has 5 aromatic rings. The van der Waals surface area contributed by atoms with E-state index in [2.05, 4.69) is 26.2 Å². The zero-order valence-electron chi connectivity index (χ0n) is 17.9. The Hall–Kier alpha value is -3.15. The largest absolute Gasteiger partial charge is 0.497 e. The predicted octanol–water partition coefficient (Wildman–Crippen LogP) is 5.38. The van der Waals surface area contributed by atoms with Gasteiger partial charge in [-0.05, 0) is 31.2 Å². The number of hydrogen-bond acceptors (Lipinski definition) is 10. The van der Waals surface area contributed by atoms with Crippen LogP contribution >= 0.6 is 34.4 Å². The maximum Gasteiger partial charge on any atom is 0.277 e. The molecule has 168 valence electrons. The van der Waals surface area contributed by atoms with E-state index in [-0.39, 0.29) is 5.56 Å². The first-order chi connectivity index (χ1) is 16.0. The quantitative estimate of drug-likeness (QED) is 0.298. The van der Waals surface area contributed by atoms with Crippen LogP contribution in [0.4, 0.5) is 0 Å². The minimum Gasteiger partial charge on any atom is -0.497 e. The van der Waals surface area contributed by atoms with Gasteiger partial charge in [-0.15, -0.1) is 32.9 Å². The number of aromatic amines is 1. The van der Waals surface area contributed by atoms with E-state index in [0.29, 0.717) is 50.0 Å². The Balaban J connectivity index is 1.36. The number of ether oxygens (including phenoxy) is 2. The molecule has 1 N–H and O–H groups in total. The molecule has 0 bridgehead atoms. The lowest BCUT2D eigenvalue weighted by Gasteiger charge is -2.05. The monoisotopic (exact) mass is 498 g/mol. The van der Waals surface area contributed by atoms with Gasteiger partial charge in [0.25, 0.3) is 10.8 Å².